The number of hydrogen-bond donors (Lipinski definition) is 1. The fourth-order valence-electron chi connectivity index (χ4n) is 1.86. The minimum atomic E-state index is -0.0195. The Morgan fingerprint density at radius 2 is 2.19 bits per heavy atom. The molecule has 0 saturated carbocycles. The number of hydrogen-bond acceptors (Lipinski definition) is 4. The number of aromatic hydroxyl groups is 1. The van der Waals surface area contributed by atoms with Gasteiger partial charge in [0.15, 0.2) is 5.17 Å². The minimum Gasteiger partial charge on any atom is -0.506 e. The highest BCUT2D eigenvalue weighted by molar-refractivity contribution is 14.1. The minimum absolute atomic E-state index is 0.0195. The third kappa shape index (κ3) is 3.62. The molecule has 1 aromatic rings. The summed E-state index contributed by atoms with van der Waals surface area (Å²) in [5.41, 5.74) is 0.869. The van der Waals surface area contributed by atoms with E-state index in [1.807, 2.05) is 26.0 Å². The van der Waals surface area contributed by atoms with Gasteiger partial charge in [-0.1, -0.05) is 0 Å². The number of phenolic OH excluding ortho intramolecular Hbond substituents is 1. The lowest BCUT2D eigenvalue weighted by molar-refractivity contribution is -0.122. The number of halogens is 2. The van der Waals surface area contributed by atoms with E-state index in [2.05, 4.69) is 43.5 Å². The van der Waals surface area contributed by atoms with E-state index >= 15 is 0 Å². The molecule has 0 atom stereocenters. The maximum atomic E-state index is 12.4. The van der Waals surface area contributed by atoms with Crippen LogP contribution in [0.4, 0.5) is 0 Å². The van der Waals surface area contributed by atoms with E-state index in [0.717, 1.165) is 14.3 Å². The van der Waals surface area contributed by atoms with Gasteiger partial charge in [0.2, 0.25) is 0 Å². The zero-order chi connectivity index (χ0) is 15.6. The quantitative estimate of drug-likeness (QED) is 0.524. The monoisotopic (exact) mass is 480 g/mol. The third-order valence-corrected chi connectivity index (χ3v) is 5.31. The Hall–Kier alpha value is -0.540. The third-order valence-electron chi connectivity index (χ3n) is 2.83. The lowest BCUT2D eigenvalue weighted by atomic mass is 10.2. The molecule has 0 bridgehead atoms. The van der Waals surface area contributed by atoms with Gasteiger partial charge in [-0.05, 0) is 87.9 Å². The average molecular weight is 481 g/mol. The van der Waals surface area contributed by atoms with E-state index in [-0.39, 0.29) is 11.7 Å². The van der Waals surface area contributed by atoms with E-state index < -0.39 is 0 Å². The Balaban J connectivity index is 2.38. The van der Waals surface area contributed by atoms with Crippen LogP contribution < -0.4 is 0 Å². The topological polar surface area (TPSA) is 52.9 Å². The second-order valence-corrected chi connectivity index (χ2v) is 7.28. The first-order valence-electron chi connectivity index (χ1n) is 6.41. The Morgan fingerprint density at radius 1 is 1.48 bits per heavy atom. The van der Waals surface area contributed by atoms with Crippen molar-refractivity contribution in [1.82, 2.24) is 4.90 Å². The molecule has 1 aliphatic heterocycles. The van der Waals surface area contributed by atoms with E-state index in [1.165, 1.54) is 11.8 Å². The van der Waals surface area contributed by atoms with Gasteiger partial charge in [0, 0.05) is 13.1 Å². The summed E-state index contributed by atoms with van der Waals surface area (Å²) in [5.74, 6) is 0.195. The fraction of sp³-hybridized carbons (Fsp3) is 0.286. The molecule has 1 heterocycles. The van der Waals surface area contributed by atoms with Crippen molar-refractivity contribution in [1.29, 1.82) is 0 Å². The molecule has 112 valence electrons. The molecule has 0 radical (unpaired) electrons. The van der Waals surface area contributed by atoms with Crippen molar-refractivity contribution < 1.29 is 9.90 Å². The predicted octanol–water partition coefficient (Wildman–Crippen LogP) is 4.07. The number of benzene rings is 1. The number of nitrogens with zero attached hydrogens (tertiary/aromatic N) is 2. The molecule has 1 aliphatic rings. The normalized spacial score (nSPS) is 19.0. The molecule has 1 saturated heterocycles. The summed E-state index contributed by atoms with van der Waals surface area (Å²) >= 11 is 6.77. The van der Waals surface area contributed by atoms with Crippen LogP contribution >= 0.6 is 50.3 Å². The van der Waals surface area contributed by atoms with Gasteiger partial charge in [-0.25, -0.2) is 0 Å². The Bertz CT molecular complexity index is 623. The summed E-state index contributed by atoms with van der Waals surface area (Å²) in [4.78, 5) is 19.0. The first-order chi connectivity index (χ1) is 9.97. The van der Waals surface area contributed by atoms with Crippen LogP contribution in [0.1, 0.15) is 19.4 Å². The maximum absolute atomic E-state index is 12.4. The zero-order valence-corrected chi connectivity index (χ0v) is 16.1. The smallest absolute Gasteiger partial charge is 0.266 e. The standard InChI is InChI=1S/C14H14BrIN2O2S/c1-3-17-14-18(4-2)13(20)11(21-14)7-8-5-9(15)12(19)10(16)6-8/h5-7,19H,3-4H2,1-2H3. The second kappa shape index (κ2) is 7.15. The highest BCUT2D eigenvalue weighted by Crippen LogP contribution is 2.35. The van der Waals surface area contributed by atoms with E-state index in [4.69, 9.17) is 0 Å². The summed E-state index contributed by atoms with van der Waals surface area (Å²) < 4.78 is 1.35. The van der Waals surface area contributed by atoms with Gasteiger partial charge in [0.25, 0.3) is 5.91 Å². The Kier molecular flexibility index (Phi) is 5.73. The molecule has 0 aromatic heterocycles. The lowest BCUT2D eigenvalue weighted by Crippen LogP contribution is -2.28. The number of amidine groups is 1. The zero-order valence-electron chi connectivity index (χ0n) is 11.6. The maximum Gasteiger partial charge on any atom is 0.266 e. The number of thioether (sulfide) groups is 1. The van der Waals surface area contributed by atoms with Crippen molar-refractivity contribution in [3.05, 3.63) is 30.6 Å². The van der Waals surface area contributed by atoms with Crippen molar-refractivity contribution >= 4 is 67.4 Å². The number of carbonyl (C=O) groups excluding carboxylic acids is 1. The van der Waals surface area contributed by atoms with Crippen LogP contribution in [0.5, 0.6) is 5.75 Å². The van der Waals surface area contributed by atoms with Gasteiger partial charge >= 0.3 is 0 Å². The van der Waals surface area contributed by atoms with Crippen molar-refractivity contribution in [2.75, 3.05) is 13.1 Å². The number of amides is 1. The van der Waals surface area contributed by atoms with Gasteiger partial charge in [-0.15, -0.1) is 0 Å². The summed E-state index contributed by atoms with van der Waals surface area (Å²) in [6.07, 6.45) is 1.83. The molecule has 1 fully saturated rings. The van der Waals surface area contributed by atoms with Gasteiger partial charge in [-0.3, -0.25) is 14.7 Å². The number of aliphatic imine (C=N–C) groups is 1. The molecular formula is C14H14BrIN2O2S. The van der Waals surface area contributed by atoms with Crippen LogP contribution in [-0.4, -0.2) is 34.2 Å². The molecule has 7 heteroatoms. The SMILES string of the molecule is CCN=C1SC(=Cc2cc(Br)c(O)c(I)c2)C(=O)N1CC. The summed E-state index contributed by atoms with van der Waals surface area (Å²) in [7, 11) is 0. The first kappa shape index (κ1) is 16.8. The number of phenols is 1. The van der Waals surface area contributed by atoms with Crippen LogP contribution in [0.3, 0.4) is 0 Å². The largest absolute Gasteiger partial charge is 0.506 e. The molecule has 21 heavy (non-hydrogen) atoms. The van der Waals surface area contributed by atoms with E-state index in [9.17, 15) is 9.90 Å². The van der Waals surface area contributed by atoms with E-state index in [0.29, 0.717) is 22.5 Å². The van der Waals surface area contributed by atoms with E-state index in [1.54, 1.807) is 11.0 Å². The molecule has 1 amide bonds. The summed E-state index contributed by atoms with van der Waals surface area (Å²) in [6.45, 7) is 5.15. The lowest BCUT2D eigenvalue weighted by Gasteiger charge is -2.11. The van der Waals surface area contributed by atoms with Gasteiger partial charge < -0.3 is 5.11 Å². The van der Waals surface area contributed by atoms with Crippen molar-refractivity contribution in [2.45, 2.75) is 13.8 Å². The molecule has 0 aliphatic carbocycles. The van der Waals surface area contributed by atoms with Crippen LogP contribution in [0.15, 0.2) is 26.5 Å². The molecule has 0 spiro atoms. The number of carbonyl (C=O) groups is 1. The number of rotatable bonds is 3. The van der Waals surface area contributed by atoms with Crippen LogP contribution in [0, 0.1) is 3.57 Å². The average Bonchev–Trinajstić information content (AvgIpc) is 2.72. The number of likely N-dealkylation sites (N-methyl/N-ethyl adjacent to an activating group) is 1. The van der Waals surface area contributed by atoms with Crippen molar-refractivity contribution in [3.8, 4) is 5.75 Å². The first-order valence-corrected chi connectivity index (χ1v) is 9.10. The second-order valence-electron chi connectivity index (χ2n) is 4.25. The Labute approximate surface area is 150 Å². The molecule has 0 unspecified atom stereocenters. The summed E-state index contributed by atoms with van der Waals surface area (Å²) in [5, 5.41) is 10.5. The van der Waals surface area contributed by atoms with Crippen LogP contribution in [0.2, 0.25) is 0 Å². The van der Waals surface area contributed by atoms with Gasteiger partial charge in [0.1, 0.15) is 5.75 Å². The van der Waals surface area contributed by atoms with Crippen molar-refractivity contribution in [3.63, 3.8) is 0 Å². The van der Waals surface area contributed by atoms with Gasteiger partial charge in [0.05, 0.1) is 12.9 Å². The van der Waals surface area contributed by atoms with Gasteiger partial charge in [-0.2, -0.15) is 0 Å². The van der Waals surface area contributed by atoms with Crippen LogP contribution in [-0.2, 0) is 4.79 Å². The highest BCUT2D eigenvalue weighted by Gasteiger charge is 2.31. The molecule has 1 aromatic carbocycles. The Morgan fingerprint density at radius 3 is 2.76 bits per heavy atom. The van der Waals surface area contributed by atoms with Crippen molar-refractivity contribution in [2.24, 2.45) is 4.99 Å². The molecule has 1 N–H and O–H groups in total. The fourth-order valence-corrected chi connectivity index (χ4v) is 4.46. The molecular weight excluding hydrogens is 467 g/mol. The molecule has 2 rings (SSSR count). The summed E-state index contributed by atoms with van der Waals surface area (Å²) in [6, 6.07) is 3.64. The van der Waals surface area contributed by atoms with Crippen LogP contribution in [0.25, 0.3) is 6.08 Å². The molecule has 4 nitrogen and oxygen atoms in total. The highest BCUT2D eigenvalue weighted by atomic mass is 127. The predicted molar refractivity (Wildman–Crippen MR) is 99.5 cm³/mol.